The van der Waals surface area contributed by atoms with E-state index in [1.54, 1.807) is 6.92 Å². The molecule has 2 rings (SSSR count). The number of hydrogen-bond donors (Lipinski definition) is 1. The van der Waals surface area contributed by atoms with Gasteiger partial charge in [0, 0.05) is 0 Å². The van der Waals surface area contributed by atoms with Crippen molar-refractivity contribution in [2.24, 2.45) is 0 Å². The van der Waals surface area contributed by atoms with Crippen molar-refractivity contribution in [2.45, 2.75) is 27.3 Å². The number of carboxylic acid groups (broad SMARTS) is 1. The van der Waals surface area contributed by atoms with E-state index in [2.05, 4.69) is 10.3 Å². The third-order valence-corrected chi connectivity index (χ3v) is 3.24. The van der Waals surface area contributed by atoms with Crippen molar-refractivity contribution in [2.75, 3.05) is 6.61 Å². The van der Waals surface area contributed by atoms with Gasteiger partial charge >= 0.3 is 5.97 Å². The summed E-state index contributed by atoms with van der Waals surface area (Å²) in [5.74, 6) is -0.270. The van der Waals surface area contributed by atoms with Crippen molar-refractivity contribution in [3.8, 4) is 5.75 Å². The van der Waals surface area contributed by atoms with Gasteiger partial charge in [-0.05, 0) is 44.0 Å². The minimum absolute atomic E-state index is 0.0174. The zero-order chi connectivity index (χ0) is 14.7. The lowest BCUT2D eigenvalue weighted by Crippen LogP contribution is -2.11. The van der Waals surface area contributed by atoms with Gasteiger partial charge in [0.1, 0.15) is 12.4 Å². The van der Waals surface area contributed by atoms with Crippen molar-refractivity contribution in [1.82, 2.24) is 15.0 Å². The Labute approximate surface area is 117 Å². The summed E-state index contributed by atoms with van der Waals surface area (Å²) >= 11 is 0. The number of ether oxygens (including phenoxy) is 1. The van der Waals surface area contributed by atoms with Crippen molar-refractivity contribution >= 4 is 5.97 Å². The van der Waals surface area contributed by atoms with Crippen LogP contribution in [0.25, 0.3) is 0 Å². The molecule has 0 saturated carbocycles. The summed E-state index contributed by atoms with van der Waals surface area (Å²) in [5.41, 5.74) is 2.90. The van der Waals surface area contributed by atoms with E-state index in [0.717, 1.165) is 5.75 Å². The molecule has 0 fully saturated rings. The summed E-state index contributed by atoms with van der Waals surface area (Å²) in [7, 11) is 0. The molecule has 106 valence electrons. The Morgan fingerprint density at radius 1 is 1.30 bits per heavy atom. The monoisotopic (exact) mass is 275 g/mol. The van der Waals surface area contributed by atoms with Gasteiger partial charge in [-0.3, -0.25) is 0 Å². The normalized spacial score (nSPS) is 10.6. The third-order valence-electron chi connectivity index (χ3n) is 3.24. The predicted molar refractivity (Wildman–Crippen MR) is 73.1 cm³/mol. The van der Waals surface area contributed by atoms with E-state index in [4.69, 9.17) is 9.84 Å². The van der Waals surface area contributed by atoms with E-state index in [-0.39, 0.29) is 5.69 Å². The maximum atomic E-state index is 10.9. The molecule has 0 spiro atoms. The molecule has 6 heteroatoms. The Morgan fingerprint density at radius 2 is 2.05 bits per heavy atom. The average Bonchev–Trinajstić information content (AvgIpc) is 2.76. The first-order chi connectivity index (χ1) is 9.49. The number of benzene rings is 1. The van der Waals surface area contributed by atoms with Crippen molar-refractivity contribution in [1.29, 1.82) is 0 Å². The van der Waals surface area contributed by atoms with Gasteiger partial charge in [0.15, 0.2) is 5.69 Å². The number of nitrogens with zero attached hydrogens (tertiary/aromatic N) is 3. The molecule has 0 aliphatic rings. The van der Waals surface area contributed by atoms with Crippen LogP contribution >= 0.6 is 0 Å². The van der Waals surface area contributed by atoms with Gasteiger partial charge in [0.25, 0.3) is 0 Å². The standard InChI is InChI=1S/C14H17N3O3/c1-9-4-5-12(8-10(9)2)20-7-6-17-11(3)13(14(18)19)15-16-17/h4-5,8H,6-7H2,1-3H3,(H,18,19). The van der Waals surface area contributed by atoms with Gasteiger partial charge in [-0.1, -0.05) is 11.3 Å². The first-order valence-electron chi connectivity index (χ1n) is 6.32. The average molecular weight is 275 g/mol. The van der Waals surface area contributed by atoms with Crippen molar-refractivity contribution in [3.05, 3.63) is 40.7 Å². The van der Waals surface area contributed by atoms with Crippen LogP contribution in [0.1, 0.15) is 27.3 Å². The quantitative estimate of drug-likeness (QED) is 0.902. The minimum Gasteiger partial charge on any atom is -0.492 e. The van der Waals surface area contributed by atoms with Gasteiger partial charge in [0.05, 0.1) is 12.2 Å². The molecule has 6 nitrogen and oxygen atoms in total. The Bertz CT molecular complexity index is 635. The van der Waals surface area contributed by atoms with E-state index in [9.17, 15) is 4.79 Å². The number of carboxylic acids is 1. The minimum atomic E-state index is -1.07. The number of aromatic carboxylic acids is 1. The van der Waals surface area contributed by atoms with Crippen LogP contribution in [-0.4, -0.2) is 32.7 Å². The van der Waals surface area contributed by atoms with Gasteiger partial charge in [0.2, 0.25) is 0 Å². The highest BCUT2D eigenvalue weighted by Gasteiger charge is 2.14. The Kier molecular flexibility index (Phi) is 4.02. The first-order valence-corrected chi connectivity index (χ1v) is 6.32. The first kappa shape index (κ1) is 14.0. The summed E-state index contributed by atoms with van der Waals surface area (Å²) in [4.78, 5) is 10.9. The molecule has 0 atom stereocenters. The van der Waals surface area contributed by atoms with Crippen molar-refractivity contribution in [3.63, 3.8) is 0 Å². The summed E-state index contributed by atoms with van der Waals surface area (Å²) in [6.45, 7) is 6.62. The number of hydrogen-bond acceptors (Lipinski definition) is 4. The maximum absolute atomic E-state index is 10.9. The van der Waals surface area contributed by atoms with Crippen LogP contribution in [0, 0.1) is 20.8 Å². The zero-order valence-electron chi connectivity index (χ0n) is 11.8. The highest BCUT2D eigenvalue weighted by molar-refractivity contribution is 5.86. The highest BCUT2D eigenvalue weighted by atomic mass is 16.5. The summed E-state index contributed by atoms with van der Waals surface area (Å²) < 4.78 is 7.17. The fourth-order valence-electron chi connectivity index (χ4n) is 1.82. The molecule has 1 N–H and O–H groups in total. The molecular formula is C14H17N3O3. The van der Waals surface area contributed by atoms with Crippen LogP contribution in [0.3, 0.4) is 0 Å². The summed E-state index contributed by atoms with van der Waals surface area (Å²) in [5, 5.41) is 16.3. The summed E-state index contributed by atoms with van der Waals surface area (Å²) in [6.07, 6.45) is 0. The molecule has 0 saturated heterocycles. The largest absolute Gasteiger partial charge is 0.492 e. The molecule has 0 unspecified atom stereocenters. The van der Waals surface area contributed by atoms with Crippen molar-refractivity contribution < 1.29 is 14.6 Å². The van der Waals surface area contributed by atoms with E-state index < -0.39 is 5.97 Å². The van der Waals surface area contributed by atoms with Gasteiger partial charge < -0.3 is 9.84 Å². The molecule has 0 aliphatic carbocycles. The van der Waals surface area contributed by atoms with Crippen LogP contribution in [-0.2, 0) is 6.54 Å². The fraction of sp³-hybridized carbons (Fsp3) is 0.357. The van der Waals surface area contributed by atoms with Gasteiger partial charge in [-0.15, -0.1) is 5.10 Å². The molecule has 20 heavy (non-hydrogen) atoms. The lowest BCUT2D eigenvalue weighted by atomic mass is 10.1. The second-order valence-corrected chi connectivity index (χ2v) is 4.65. The predicted octanol–water partition coefficient (Wildman–Crippen LogP) is 1.98. The molecular weight excluding hydrogens is 258 g/mol. The van der Waals surface area contributed by atoms with Crippen LogP contribution in [0.2, 0.25) is 0 Å². The molecule has 0 amide bonds. The number of rotatable bonds is 5. The van der Waals surface area contributed by atoms with E-state index in [1.807, 2.05) is 32.0 Å². The smallest absolute Gasteiger partial charge is 0.358 e. The summed E-state index contributed by atoms with van der Waals surface area (Å²) in [6, 6.07) is 5.90. The SMILES string of the molecule is Cc1ccc(OCCn2nnc(C(=O)O)c2C)cc1C. The molecule has 0 radical (unpaired) electrons. The van der Waals surface area contributed by atoms with Gasteiger partial charge in [-0.25, -0.2) is 9.48 Å². The second kappa shape index (κ2) is 5.73. The van der Waals surface area contributed by atoms with Gasteiger partial charge in [-0.2, -0.15) is 0 Å². The number of carbonyl (C=O) groups is 1. The topological polar surface area (TPSA) is 77.2 Å². The molecule has 1 aromatic carbocycles. The van der Waals surface area contributed by atoms with E-state index in [0.29, 0.717) is 18.8 Å². The molecule has 2 aromatic rings. The van der Waals surface area contributed by atoms with E-state index in [1.165, 1.54) is 15.8 Å². The van der Waals surface area contributed by atoms with Crippen LogP contribution in [0.15, 0.2) is 18.2 Å². The highest BCUT2D eigenvalue weighted by Crippen LogP contribution is 2.16. The Hall–Kier alpha value is -2.37. The second-order valence-electron chi connectivity index (χ2n) is 4.65. The zero-order valence-corrected chi connectivity index (χ0v) is 11.8. The molecule has 0 bridgehead atoms. The number of aryl methyl sites for hydroxylation is 2. The lowest BCUT2D eigenvalue weighted by Gasteiger charge is -2.08. The Balaban J connectivity index is 1.96. The molecule has 1 heterocycles. The molecule has 0 aliphatic heterocycles. The Morgan fingerprint density at radius 3 is 2.65 bits per heavy atom. The lowest BCUT2D eigenvalue weighted by molar-refractivity contribution is 0.0689. The third kappa shape index (κ3) is 2.96. The molecule has 1 aromatic heterocycles. The number of aromatic nitrogens is 3. The van der Waals surface area contributed by atoms with E-state index >= 15 is 0 Å². The van der Waals surface area contributed by atoms with Crippen LogP contribution in [0.4, 0.5) is 0 Å². The van der Waals surface area contributed by atoms with Crippen LogP contribution < -0.4 is 4.74 Å². The fourth-order valence-corrected chi connectivity index (χ4v) is 1.82. The van der Waals surface area contributed by atoms with Crippen LogP contribution in [0.5, 0.6) is 5.75 Å². The maximum Gasteiger partial charge on any atom is 0.358 e.